The van der Waals surface area contributed by atoms with Crippen LogP contribution >= 0.6 is 0 Å². The summed E-state index contributed by atoms with van der Waals surface area (Å²) in [4.78, 5) is 0.121. The van der Waals surface area contributed by atoms with E-state index in [0.29, 0.717) is 31.7 Å². The molecule has 1 saturated heterocycles. The van der Waals surface area contributed by atoms with E-state index in [1.165, 1.54) is 11.4 Å². The Kier molecular flexibility index (Phi) is 5.99. The van der Waals surface area contributed by atoms with Gasteiger partial charge >= 0.3 is 0 Å². The van der Waals surface area contributed by atoms with E-state index in [2.05, 4.69) is 6.07 Å². The summed E-state index contributed by atoms with van der Waals surface area (Å²) in [6.07, 6.45) is 2.82. The Morgan fingerprint density at radius 2 is 2.13 bits per heavy atom. The smallest absolute Gasteiger partial charge is 0.247 e. The SMILES string of the molecule is COCCc1ccc(OC)c(S(=O)(=O)N2CCCCC2C#N)c1. The first-order valence-electron chi connectivity index (χ1n) is 7.62. The molecule has 0 saturated carbocycles. The number of nitrogens with zero attached hydrogens (tertiary/aromatic N) is 2. The van der Waals surface area contributed by atoms with E-state index >= 15 is 0 Å². The number of benzene rings is 1. The number of hydrogen-bond acceptors (Lipinski definition) is 5. The van der Waals surface area contributed by atoms with Crippen molar-refractivity contribution in [1.82, 2.24) is 4.31 Å². The highest BCUT2D eigenvalue weighted by atomic mass is 32.2. The molecule has 1 aliphatic rings. The van der Waals surface area contributed by atoms with Crippen LogP contribution in [-0.4, -0.2) is 46.1 Å². The average Bonchev–Trinajstić information content (AvgIpc) is 2.59. The topological polar surface area (TPSA) is 79.6 Å². The summed E-state index contributed by atoms with van der Waals surface area (Å²) in [5, 5.41) is 9.27. The van der Waals surface area contributed by atoms with Gasteiger partial charge in [-0.15, -0.1) is 0 Å². The van der Waals surface area contributed by atoms with Gasteiger partial charge in [0.25, 0.3) is 0 Å². The van der Waals surface area contributed by atoms with Gasteiger partial charge in [0.05, 0.1) is 19.8 Å². The van der Waals surface area contributed by atoms with E-state index in [1.54, 1.807) is 19.2 Å². The molecule has 1 fully saturated rings. The maximum Gasteiger partial charge on any atom is 0.247 e. The molecule has 0 aliphatic carbocycles. The molecule has 1 heterocycles. The quantitative estimate of drug-likeness (QED) is 0.792. The Morgan fingerprint density at radius 3 is 2.78 bits per heavy atom. The summed E-state index contributed by atoms with van der Waals surface area (Å²) in [5.41, 5.74) is 0.858. The van der Waals surface area contributed by atoms with Crippen LogP contribution in [0, 0.1) is 11.3 Å². The lowest BCUT2D eigenvalue weighted by Crippen LogP contribution is -2.42. The van der Waals surface area contributed by atoms with Gasteiger partial charge in [-0.25, -0.2) is 8.42 Å². The van der Waals surface area contributed by atoms with Crippen LogP contribution < -0.4 is 4.74 Å². The highest BCUT2D eigenvalue weighted by molar-refractivity contribution is 7.89. The molecule has 1 atom stereocenters. The van der Waals surface area contributed by atoms with E-state index in [-0.39, 0.29) is 4.90 Å². The first-order valence-corrected chi connectivity index (χ1v) is 9.06. The summed E-state index contributed by atoms with van der Waals surface area (Å²) in [7, 11) is -0.719. The van der Waals surface area contributed by atoms with Gasteiger partial charge in [-0.05, 0) is 43.4 Å². The van der Waals surface area contributed by atoms with Crippen LogP contribution in [0.4, 0.5) is 0 Å². The molecule has 0 spiro atoms. The monoisotopic (exact) mass is 338 g/mol. The Bertz CT molecular complexity index is 682. The molecule has 6 nitrogen and oxygen atoms in total. The Morgan fingerprint density at radius 1 is 1.35 bits per heavy atom. The van der Waals surface area contributed by atoms with Crippen molar-refractivity contribution in [3.63, 3.8) is 0 Å². The fraction of sp³-hybridized carbons (Fsp3) is 0.562. The molecular weight excluding hydrogens is 316 g/mol. The van der Waals surface area contributed by atoms with E-state index in [0.717, 1.165) is 18.4 Å². The van der Waals surface area contributed by atoms with E-state index < -0.39 is 16.1 Å². The second kappa shape index (κ2) is 7.77. The molecule has 23 heavy (non-hydrogen) atoms. The second-order valence-electron chi connectivity index (χ2n) is 5.48. The first kappa shape index (κ1) is 17.7. The van der Waals surface area contributed by atoms with Crippen LogP contribution in [-0.2, 0) is 21.2 Å². The highest BCUT2D eigenvalue weighted by Crippen LogP contribution is 2.31. The lowest BCUT2D eigenvalue weighted by atomic mass is 10.1. The molecule has 0 bridgehead atoms. The molecule has 7 heteroatoms. The molecule has 0 radical (unpaired) electrons. The summed E-state index contributed by atoms with van der Waals surface area (Å²) in [5.74, 6) is 0.299. The number of piperidine rings is 1. The molecule has 0 amide bonds. The Labute approximate surface area is 137 Å². The van der Waals surface area contributed by atoms with Crippen LogP contribution in [0.1, 0.15) is 24.8 Å². The third kappa shape index (κ3) is 3.83. The predicted molar refractivity (Wildman–Crippen MR) is 85.7 cm³/mol. The van der Waals surface area contributed by atoms with Crippen LogP contribution in [0.25, 0.3) is 0 Å². The van der Waals surface area contributed by atoms with Crippen molar-refractivity contribution in [3.05, 3.63) is 23.8 Å². The van der Waals surface area contributed by atoms with Gasteiger partial charge in [0.2, 0.25) is 10.0 Å². The molecule has 126 valence electrons. The number of sulfonamides is 1. The van der Waals surface area contributed by atoms with Crippen LogP contribution in [0.5, 0.6) is 5.75 Å². The van der Waals surface area contributed by atoms with Gasteiger partial charge in [0, 0.05) is 13.7 Å². The second-order valence-corrected chi connectivity index (χ2v) is 7.34. The zero-order chi connectivity index (χ0) is 16.9. The maximum atomic E-state index is 13.0. The standard InChI is InChI=1S/C16H22N2O4S/c1-21-10-8-13-6-7-15(22-2)16(11-13)23(19,20)18-9-4-3-5-14(18)12-17/h6-7,11,14H,3-5,8-10H2,1-2H3. The van der Waals surface area contributed by atoms with Crippen molar-refractivity contribution in [1.29, 1.82) is 5.26 Å². The molecule has 1 aliphatic heterocycles. The Hall–Kier alpha value is -1.62. The molecule has 1 aromatic rings. The highest BCUT2D eigenvalue weighted by Gasteiger charge is 2.35. The fourth-order valence-electron chi connectivity index (χ4n) is 2.75. The number of ether oxygens (including phenoxy) is 2. The zero-order valence-corrected chi connectivity index (χ0v) is 14.3. The van der Waals surface area contributed by atoms with Gasteiger partial charge in [-0.1, -0.05) is 6.07 Å². The average molecular weight is 338 g/mol. The molecule has 0 aromatic heterocycles. The molecular formula is C16H22N2O4S. The predicted octanol–water partition coefficient (Wildman–Crippen LogP) is 1.95. The number of hydrogen-bond donors (Lipinski definition) is 0. The molecule has 1 aromatic carbocycles. The lowest BCUT2D eigenvalue weighted by molar-refractivity contribution is 0.202. The number of nitriles is 1. The summed E-state index contributed by atoms with van der Waals surface area (Å²) >= 11 is 0. The van der Waals surface area contributed by atoms with E-state index in [4.69, 9.17) is 9.47 Å². The number of methoxy groups -OCH3 is 2. The van der Waals surface area contributed by atoms with E-state index in [9.17, 15) is 13.7 Å². The lowest BCUT2D eigenvalue weighted by Gasteiger charge is -2.30. The minimum Gasteiger partial charge on any atom is -0.495 e. The van der Waals surface area contributed by atoms with Crippen LogP contribution in [0.3, 0.4) is 0 Å². The molecule has 0 N–H and O–H groups in total. The van der Waals surface area contributed by atoms with Crippen molar-refractivity contribution in [3.8, 4) is 11.8 Å². The maximum absolute atomic E-state index is 13.0. The van der Waals surface area contributed by atoms with E-state index in [1.807, 2.05) is 6.07 Å². The van der Waals surface area contributed by atoms with Gasteiger partial charge < -0.3 is 9.47 Å². The molecule has 1 unspecified atom stereocenters. The van der Waals surface area contributed by atoms with Crippen molar-refractivity contribution in [2.24, 2.45) is 0 Å². The summed E-state index contributed by atoms with van der Waals surface area (Å²) in [6, 6.07) is 6.60. The largest absolute Gasteiger partial charge is 0.495 e. The first-order chi connectivity index (χ1) is 11.0. The van der Waals surface area contributed by atoms with Crippen LogP contribution in [0.15, 0.2) is 23.1 Å². The van der Waals surface area contributed by atoms with Gasteiger partial charge in [-0.3, -0.25) is 0 Å². The van der Waals surface area contributed by atoms with Gasteiger partial charge in [0.15, 0.2) is 0 Å². The minimum atomic E-state index is -3.77. The molecule has 2 rings (SSSR count). The fourth-order valence-corrected chi connectivity index (χ4v) is 4.56. The zero-order valence-electron chi connectivity index (χ0n) is 13.5. The minimum absolute atomic E-state index is 0.121. The van der Waals surface area contributed by atoms with Gasteiger partial charge in [0.1, 0.15) is 16.7 Å². The van der Waals surface area contributed by atoms with Gasteiger partial charge in [-0.2, -0.15) is 9.57 Å². The van der Waals surface area contributed by atoms with Crippen molar-refractivity contribution in [2.75, 3.05) is 27.4 Å². The summed E-state index contributed by atoms with van der Waals surface area (Å²) < 4.78 is 37.6. The third-order valence-electron chi connectivity index (χ3n) is 4.01. The Balaban J connectivity index is 2.42. The van der Waals surface area contributed by atoms with Crippen molar-refractivity contribution < 1.29 is 17.9 Å². The number of rotatable bonds is 6. The van der Waals surface area contributed by atoms with Crippen LogP contribution in [0.2, 0.25) is 0 Å². The van der Waals surface area contributed by atoms with Crippen molar-refractivity contribution in [2.45, 2.75) is 36.6 Å². The normalized spacial score (nSPS) is 19.3. The third-order valence-corrected chi connectivity index (χ3v) is 5.94. The summed E-state index contributed by atoms with van der Waals surface area (Å²) in [6.45, 7) is 0.877. The van der Waals surface area contributed by atoms with Crippen molar-refractivity contribution >= 4 is 10.0 Å².